The highest BCUT2D eigenvalue weighted by Gasteiger charge is 2.30. The van der Waals surface area contributed by atoms with Crippen LogP contribution in [0, 0.1) is 0 Å². The van der Waals surface area contributed by atoms with E-state index in [1.807, 2.05) is 13.8 Å². The molecule has 1 aliphatic rings. The lowest BCUT2D eigenvalue weighted by Gasteiger charge is -2.29. The number of ether oxygens (including phenoxy) is 1. The van der Waals surface area contributed by atoms with Crippen LogP contribution < -0.4 is 11.2 Å². The highest BCUT2D eigenvalue weighted by Crippen LogP contribution is 2.36. The molecule has 0 amide bonds. The third-order valence-electron chi connectivity index (χ3n) is 4.11. The monoisotopic (exact) mass is 332 g/mol. The van der Waals surface area contributed by atoms with Crippen molar-refractivity contribution in [3.63, 3.8) is 0 Å². The average molecular weight is 332 g/mol. The van der Waals surface area contributed by atoms with Crippen molar-refractivity contribution in [3.8, 4) is 0 Å². The number of aromatic nitrogens is 2. The summed E-state index contributed by atoms with van der Waals surface area (Å²) >= 11 is 1.43. The first kappa shape index (κ1) is 14.5. The lowest BCUT2D eigenvalue weighted by atomic mass is 9.94. The van der Waals surface area contributed by atoms with Crippen molar-refractivity contribution in [2.24, 2.45) is 0 Å². The first-order chi connectivity index (χ1) is 10.9. The molecule has 120 valence electrons. The molecule has 1 N–H and O–H groups in total. The van der Waals surface area contributed by atoms with E-state index in [0.29, 0.717) is 29.0 Å². The van der Waals surface area contributed by atoms with Crippen LogP contribution in [-0.2, 0) is 24.3 Å². The van der Waals surface area contributed by atoms with Gasteiger partial charge in [0, 0.05) is 11.3 Å². The minimum atomic E-state index is -0.419. The van der Waals surface area contributed by atoms with Crippen LogP contribution in [0.1, 0.15) is 30.0 Å². The van der Waals surface area contributed by atoms with Crippen molar-refractivity contribution in [2.45, 2.75) is 39.0 Å². The molecule has 3 aromatic rings. The van der Waals surface area contributed by atoms with Gasteiger partial charge in [-0.1, -0.05) is 0 Å². The zero-order valence-corrected chi connectivity index (χ0v) is 13.7. The fraction of sp³-hybridized carbons (Fsp3) is 0.375. The smallest absolute Gasteiger partial charge is 0.329 e. The number of H-pyrrole nitrogens is 1. The molecule has 0 unspecified atom stereocenters. The van der Waals surface area contributed by atoms with Gasteiger partial charge in [0.2, 0.25) is 0 Å². The first-order valence-corrected chi connectivity index (χ1v) is 8.20. The third kappa shape index (κ3) is 2.36. The highest BCUT2D eigenvalue weighted by atomic mass is 32.1. The molecular formula is C16H16N2O4S. The lowest BCUT2D eigenvalue weighted by Crippen LogP contribution is -2.36. The molecule has 0 aromatic carbocycles. The van der Waals surface area contributed by atoms with Crippen LogP contribution in [0.3, 0.4) is 0 Å². The Bertz CT molecular complexity index is 992. The minimum Gasteiger partial charge on any atom is -0.467 e. The molecule has 0 atom stereocenters. The van der Waals surface area contributed by atoms with E-state index in [1.54, 1.807) is 12.1 Å². The van der Waals surface area contributed by atoms with Crippen LogP contribution in [0.15, 0.2) is 32.4 Å². The lowest BCUT2D eigenvalue weighted by molar-refractivity contribution is -0.0379. The minimum absolute atomic E-state index is 0.127. The van der Waals surface area contributed by atoms with Gasteiger partial charge in [-0.2, -0.15) is 0 Å². The summed E-state index contributed by atoms with van der Waals surface area (Å²) in [5.74, 6) is 0.574. The van der Waals surface area contributed by atoms with E-state index in [0.717, 1.165) is 10.4 Å². The summed E-state index contributed by atoms with van der Waals surface area (Å²) in [5, 5.41) is 0.604. The van der Waals surface area contributed by atoms with Crippen LogP contribution in [0.25, 0.3) is 10.2 Å². The molecular weight excluding hydrogens is 316 g/mol. The van der Waals surface area contributed by atoms with Crippen molar-refractivity contribution >= 4 is 21.6 Å². The van der Waals surface area contributed by atoms with E-state index in [2.05, 4.69) is 4.98 Å². The van der Waals surface area contributed by atoms with Crippen molar-refractivity contribution in [1.29, 1.82) is 0 Å². The summed E-state index contributed by atoms with van der Waals surface area (Å²) in [4.78, 5) is 29.6. The van der Waals surface area contributed by atoms with Gasteiger partial charge >= 0.3 is 5.69 Å². The molecule has 0 radical (unpaired) electrons. The Morgan fingerprint density at radius 3 is 2.96 bits per heavy atom. The average Bonchev–Trinajstić information content (AvgIpc) is 3.09. The van der Waals surface area contributed by atoms with Crippen molar-refractivity contribution < 1.29 is 9.15 Å². The molecule has 3 aromatic heterocycles. The van der Waals surface area contributed by atoms with Gasteiger partial charge in [0.15, 0.2) is 0 Å². The molecule has 23 heavy (non-hydrogen) atoms. The summed E-state index contributed by atoms with van der Waals surface area (Å²) in [7, 11) is 0. The maximum Gasteiger partial charge on any atom is 0.329 e. The van der Waals surface area contributed by atoms with E-state index in [-0.39, 0.29) is 17.7 Å². The number of nitrogens with zero attached hydrogens (tertiary/aromatic N) is 1. The molecule has 4 rings (SSSR count). The quantitative estimate of drug-likeness (QED) is 0.781. The summed E-state index contributed by atoms with van der Waals surface area (Å²) in [6.45, 7) is 4.61. The van der Waals surface area contributed by atoms with E-state index >= 15 is 0 Å². The molecule has 7 heteroatoms. The second-order valence-corrected chi connectivity index (χ2v) is 7.44. The van der Waals surface area contributed by atoms with Crippen LogP contribution >= 0.6 is 11.3 Å². The molecule has 4 heterocycles. The Labute approximate surface area is 135 Å². The zero-order chi connectivity index (χ0) is 16.2. The Morgan fingerprint density at radius 2 is 2.22 bits per heavy atom. The number of hydrogen-bond acceptors (Lipinski definition) is 5. The van der Waals surface area contributed by atoms with E-state index in [9.17, 15) is 9.59 Å². The maximum absolute atomic E-state index is 12.9. The number of furan rings is 1. The van der Waals surface area contributed by atoms with Crippen LogP contribution in [0.5, 0.6) is 0 Å². The highest BCUT2D eigenvalue weighted by molar-refractivity contribution is 7.18. The van der Waals surface area contributed by atoms with E-state index in [4.69, 9.17) is 9.15 Å². The van der Waals surface area contributed by atoms with Crippen LogP contribution in [0.2, 0.25) is 0 Å². The fourth-order valence-electron chi connectivity index (χ4n) is 2.96. The summed E-state index contributed by atoms with van der Waals surface area (Å²) < 4.78 is 12.2. The second kappa shape index (κ2) is 4.94. The van der Waals surface area contributed by atoms with Crippen LogP contribution in [-0.4, -0.2) is 15.2 Å². The SMILES string of the molecule is CC1(C)Cc2c(sc3[nH]c(=O)n(Cc4ccco4)c(=O)c23)CO1. The Hall–Kier alpha value is -2.12. The van der Waals surface area contributed by atoms with Gasteiger partial charge in [-0.25, -0.2) is 4.79 Å². The van der Waals surface area contributed by atoms with E-state index in [1.165, 1.54) is 22.2 Å². The second-order valence-electron chi connectivity index (χ2n) is 6.33. The van der Waals surface area contributed by atoms with Crippen molar-refractivity contribution in [1.82, 2.24) is 9.55 Å². The number of thiophene rings is 1. The predicted molar refractivity (Wildman–Crippen MR) is 87.1 cm³/mol. The number of aromatic amines is 1. The van der Waals surface area contributed by atoms with Gasteiger partial charge in [-0.15, -0.1) is 11.3 Å². The van der Waals surface area contributed by atoms with Gasteiger partial charge in [0.25, 0.3) is 5.56 Å². The zero-order valence-electron chi connectivity index (χ0n) is 12.8. The predicted octanol–water partition coefficient (Wildman–Crippen LogP) is 2.24. The van der Waals surface area contributed by atoms with Crippen LogP contribution in [0.4, 0.5) is 0 Å². The normalized spacial score (nSPS) is 16.6. The summed E-state index contributed by atoms with van der Waals surface area (Å²) in [5.41, 5.74) is -0.00110. The first-order valence-electron chi connectivity index (χ1n) is 7.38. The Balaban J connectivity index is 1.93. The molecule has 0 spiro atoms. The maximum atomic E-state index is 12.9. The van der Waals surface area contributed by atoms with Crippen molar-refractivity contribution in [3.05, 3.63) is 55.4 Å². The Morgan fingerprint density at radius 1 is 1.39 bits per heavy atom. The summed E-state index contributed by atoms with van der Waals surface area (Å²) in [6, 6.07) is 3.48. The molecule has 0 aliphatic carbocycles. The fourth-order valence-corrected chi connectivity index (χ4v) is 4.07. The van der Waals surface area contributed by atoms with Gasteiger partial charge in [0.05, 0.1) is 30.4 Å². The Kier molecular flexibility index (Phi) is 3.11. The van der Waals surface area contributed by atoms with Gasteiger partial charge in [-0.05, 0) is 31.5 Å². The van der Waals surface area contributed by atoms with E-state index < -0.39 is 5.69 Å². The summed E-state index contributed by atoms with van der Waals surface area (Å²) in [6.07, 6.45) is 2.18. The molecule has 0 saturated heterocycles. The molecule has 6 nitrogen and oxygen atoms in total. The van der Waals surface area contributed by atoms with Crippen molar-refractivity contribution in [2.75, 3.05) is 0 Å². The number of hydrogen-bond donors (Lipinski definition) is 1. The standard InChI is InChI=1S/C16H16N2O4S/c1-16(2)6-10-11(8-22-16)23-13-12(10)14(19)18(15(20)17-13)7-9-4-3-5-21-9/h3-5H,6-8H2,1-2H3,(H,17,20). The molecule has 0 bridgehead atoms. The number of nitrogens with one attached hydrogen (secondary N) is 1. The van der Waals surface area contributed by atoms with Gasteiger partial charge < -0.3 is 9.15 Å². The number of fused-ring (bicyclic) bond motifs is 3. The topological polar surface area (TPSA) is 77.2 Å². The third-order valence-corrected chi connectivity index (χ3v) is 5.23. The number of rotatable bonds is 2. The molecule has 1 aliphatic heterocycles. The van der Waals surface area contributed by atoms with Gasteiger partial charge in [-0.3, -0.25) is 14.3 Å². The molecule has 0 saturated carbocycles. The molecule has 0 fully saturated rings. The van der Waals surface area contributed by atoms with Gasteiger partial charge in [0.1, 0.15) is 10.6 Å². The largest absolute Gasteiger partial charge is 0.467 e.